The molecular weight excluding hydrogens is 452 g/mol. The van der Waals surface area contributed by atoms with E-state index in [9.17, 15) is 9.59 Å². The van der Waals surface area contributed by atoms with E-state index in [0.29, 0.717) is 45.1 Å². The summed E-state index contributed by atoms with van der Waals surface area (Å²) in [7, 11) is 1.53. The van der Waals surface area contributed by atoms with Gasteiger partial charge in [0.05, 0.1) is 12.7 Å². The highest BCUT2D eigenvalue weighted by molar-refractivity contribution is 6.15. The lowest BCUT2D eigenvalue weighted by atomic mass is 10.1. The Morgan fingerprint density at radius 3 is 2.71 bits per heavy atom. The molecule has 0 radical (unpaired) electrons. The molecule has 0 spiro atoms. The Labute approximate surface area is 199 Å². The molecule has 0 saturated heterocycles. The molecule has 4 aromatic rings. The zero-order chi connectivity index (χ0) is 24.1. The summed E-state index contributed by atoms with van der Waals surface area (Å²) in [6.45, 7) is 1.89. The van der Waals surface area contributed by atoms with Crippen LogP contribution in [-0.2, 0) is 0 Å². The van der Waals surface area contributed by atoms with Gasteiger partial charge in [-0.15, -0.1) is 0 Å². The van der Waals surface area contributed by atoms with Crippen LogP contribution in [0, 0.1) is 6.92 Å². The molecule has 1 aromatic heterocycles. The molecule has 3 aromatic carbocycles. The molecule has 6 rings (SSSR count). The summed E-state index contributed by atoms with van der Waals surface area (Å²) in [6, 6.07) is 15.5. The number of allylic oxidation sites excluding steroid dienone is 1. The number of carbonyl (C=O) groups excluding carboxylic acids is 2. The van der Waals surface area contributed by atoms with E-state index in [0.717, 1.165) is 5.56 Å². The Morgan fingerprint density at radius 1 is 1.00 bits per heavy atom. The van der Waals surface area contributed by atoms with Gasteiger partial charge in [0, 0.05) is 10.9 Å². The smallest absolute Gasteiger partial charge is 0.379 e. The van der Waals surface area contributed by atoms with Crippen molar-refractivity contribution in [1.29, 1.82) is 0 Å². The van der Waals surface area contributed by atoms with Crippen LogP contribution in [0.4, 0.5) is 0 Å². The number of carbonyl (C=O) groups is 2. The lowest BCUT2D eigenvalue weighted by Gasteiger charge is -2.09. The van der Waals surface area contributed by atoms with E-state index in [2.05, 4.69) is 0 Å². The predicted molar refractivity (Wildman–Crippen MR) is 124 cm³/mol. The number of para-hydroxylation sites is 1. The van der Waals surface area contributed by atoms with Gasteiger partial charge in [-0.2, -0.15) is 0 Å². The van der Waals surface area contributed by atoms with Crippen molar-refractivity contribution < 1.29 is 37.7 Å². The van der Waals surface area contributed by atoms with E-state index in [4.69, 9.17) is 28.1 Å². The first-order chi connectivity index (χ1) is 17.0. The molecule has 35 heavy (non-hydrogen) atoms. The van der Waals surface area contributed by atoms with Crippen LogP contribution >= 0.6 is 0 Å². The molecule has 174 valence electrons. The molecule has 0 bridgehead atoms. The molecule has 0 saturated carbocycles. The summed E-state index contributed by atoms with van der Waals surface area (Å²) in [5.41, 5.74) is 2.10. The fourth-order valence-electron chi connectivity index (χ4n) is 4.08. The Hall–Kier alpha value is -4.72. The van der Waals surface area contributed by atoms with Gasteiger partial charge < -0.3 is 28.1 Å². The topological polar surface area (TPSA) is 93.4 Å². The summed E-state index contributed by atoms with van der Waals surface area (Å²) >= 11 is 0. The van der Waals surface area contributed by atoms with Crippen molar-refractivity contribution >= 4 is 28.8 Å². The fourth-order valence-corrected chi connectivity index (χ4v) is 4.08. The lowest BCUT2D eigenvalue weighted by Crippen LogP contribution is -2.08. The maximum absolute atomic E-state index is 12.9. The molecule has 8 nitrogen and oxygen atoms in total. The second kappa shape index (κ2) is 7.95. The van der Waals surface area contributed by atoms with Crippen LogP contribution in [0.5, 0.6) is 28.7 Å². The molecule has 2 aliphatic heterocycles. The highest BCUT2D eigenvalue weighted by Crippen LogP contribution is 2.40. The van der Waals surface area contributed by atoms with Crippen LogP contribution in [0.1, 0.15) is 32.0 Å². The van der Waals surface area contributed by atoms with Crippen LogP contribution < -0.4 is 23.7 Å². The molecule has 0 fully saturated rings. The summed E-state index contributed by atoms with van der Waals surface area (Å²) in [5.74, 6) is 1.64. The molecule has 0 N–H and O–H groups in total. The Kier molecular flexibility index (Phi) is 4.74. The minimum absolute atomic E-state index is 0.0322. The second-order valence-corrected chi connectivity index (χ2v) is 8.00. The van der Waals surface area contributed by atoms with Crippen molar-refractivity contribution in [3.63, 3.8) is 0 Å². The van der Waals surface area contributed by atoms with Crippen LogP contribution in [-0.4, -0.2) is 25.7 Å². The fraction of sp³-hybridized carbons (Fsp3) is 0.111. The molecule has 3 heterocycles. The third-order valence-electron chi connectivity index (χ3n) is 5.86. The number of esters is 1. The standard InChI is InChI=1S/C27H18O8/c1-14-18(35-27(29)23-12-16-4-3-5-20(30-2)26(16)34-23)9-7-17-24(28)22(33-25(14)17)11-15-6-8-19-21(10-15)32-13-31-19/h3-12H,13H2,1-2H3/b22-11-. The minimum atomic E-state index is -0.674. The molecular formula is C27H18O8. The van der Waals surface area contributed by atoms with E-state index in [1.165, 1.54) is 7.11 Å². The maximum Gasteiger partial charge on any atom is 0.379 e. The van der Waals surface area contributed by atoms with E-state index in [-0.39, 0.29) is 29.8 Å². The van der Waals surface area contributed by atoms with Crippen molar-refractivity contribution in [2.75, 3.05) is 13.9 Å². The highest BCUT2D eigenvalue weighted by Gasteiger charge is 2.31. The van der Waals surface area contributed by atoms with Crippen LogP contribution in [0.3, 0.4) is 0 Å². The van der Waals surface area contributed by atoms with Crippen LogP contribution in [0.2, 0.25) is 0 Å². The predicted octanol–water partition coefficient (Wildman–Crippen LogP) is 5.31. The molecule has 0 atom stereocenters. The van der Waals surface area contributed by atoms with Gasteiger partial charge in [-0.05, 0) is 55.0 Å². The highest BCUT2D eigenvalue weighted by atomic mass is 16.7. The van der Waals surface area contributed by atoms with Gasteiger partial charge >= 0.3 is 5.97 Å². The van der Waals surface area contributed by atoms with Gasteiger partial charge in [-0.25, -0.2) is 4.79 Å². The number of fused-ring (bicyclic) bond motifs is 3. The summed E-state index contributed by atoms with van der Waals surface area (Å²) in [4.78, 5) is 25.7. The lowest BCUT2D eigenvalue weighted by molar-refractivity contribution is 0.0702. The number of benzene rings is 3. The normalized spacial score (nSPS) is 14.8. The Balaban J connectivity index is 1.27. The van der Waals surface area contributed by atoms with Gasteiger partial charge in [-0.3, -0.25) is 4.79 Å². The van der Waals surface area contributed by atoms with Crippen molar-refractivity contribution in [1.82, 2.24) is 0 Å². The minimum Gasteiger partial charge on any atom is -0.493 e. The Morgan fingerprint density at radius 2 is 1.86 bits per heavy atom. The van der Waals surface area contributed by atoms with Crippen molar-refractivity contribution in [3.8, 4) is 28.7 Å². The van der Waals surface area contributed by atoms with E-state index >= 15 is 0 Å². The number of hydrogen-bond donors (Lipinski definition) is 0. The first-order valence-electron chi connectivity index (χ1n) is 10.8. The van der Waals surface area contributed by atoms with Gasteiger partial charge in [-0.1, -0.05) is 18.2 Å². The SMILES string of the molecule is COc1cccc2cc(C(=O)Oc3ccc4c(c3C)O/C(=C\c3ccc5c(c3)OCO5)C4=O)oc12. The monoisotopic (exact) mass is 470 g/mol. The van der Waals surface area contributed by atoms with Crippen LogP contribution in [0.25, 0.3) is 17.0 Å². The summed E-state index contributed by atoms with van der Waals surface area (Å²) in [5, 5.41) is 0.717. The number of ketones is 1. The number of hydrogen-bond acceptors (Lipinski definition) is 8. The summed E-state index contributed by atoms with van der Waals surface area (Å²) < 4.78 is 33.1. The average Bonchev–Trinajstić information content (AvgIpc) is 3.58. The number of ether oxygens (including phenoxy) is 5. The first-order valence-corrected chi connectivity index (χ1v) is 10.8. The second-order valence-electron chi connectivity index (χ2n) is 8.00. The number of furan rings is 1. The summed E-state index contributed by atoms with van der Waals surface area (Å²) in [6.07, 6.45) is 1.64. The largest absolute Gasteiger partial charge is 0.493 e. The number of Topliss-reactive ketones (excluding diaryl/α,β-unsaturated/α-hetero) is 1. The molecule has 2 aliphatic rings. The first kappa shape index (κ1) is 20.9. The molecule has 0 amide bonds. The molecule has 8 heteroatoms. The van der Waals surface area contributed by atoms with Gasteiger partial charge in [0.25, 0.3) is 0 Å². The van der Waals surface area contributed by atoms with Gasteiger partial charge in [0.15, 0.2) is 28.6 Å². The average molecular weight is 470 g/mol. The van der Waals surface area contributed by atoms with E-state index in [1.54, 1.807) is 55.5 Å². The number of rotatable bonds is 4. The Bertz CT molecular complexity index is 1560. The van der Waals surface area contributed by atoms with Gasteiger partial charge in [0.2, 0.25) is 18.3 Å². The molecule has 0 unspecified atom stereocenters. The zero-order valence-corrected chi connectivity index (χ0v) is 18.7. The van der Waals surface area contributed by atoms with Gasteiger partial charge in [0.1, 0.15) is 11.5 Å². The number of methoxy groups -OCH3 is 1. The van der Waals surface area contributed by atoms with Crippen molar-refractivity contribution in [3.05, 3.63) is 82.8 Å². The maximum atomic E-state index is 12.9. The van der Waals surface area contributed by atoms with Crippen LogP contribution in [0.15, 0.2) is 64.8 Å². The third-order valence-corrected chi connectivity index (χ3v) is 5.86. The quantitative estimate of drug-likeness (QED) is 0.225. The van der Waals surface area contributed by atoms with Crippen molar-refractivity contribution in [2.24, 2.45) is 0 Å². The third kappa shape index (κ3) is 3.47. The van der Waals surface area contributed by atoms with E-state index in [1.807, 2.05) is 12.1 Å². The van der Waals surface area contributed by atoms with E-state index < -0.39 is 5.97 Å². The molecule has 0 aliphatic carbocycles. The van der Waals surface area contributed by atoms with Crippen molar-refractivity contribution in [2.45, 2.75) is 6.92 Å². The zero-order valence-electron chi connectivity index (χ0n) is 18.7.